The number of nitrogens with zero attached hydrogens (tertiary/aromatic N) is 3. The number of benzene rings is 1. The Bertz CT molecular complexity index is 930. The molecule has 1 aliphatic heterocycles. The highest BCUT2D eigenvalue weighted by atomic mass is 35.5. The topological polar surface area (TPSA) is 76.5 Å². The summed E-state index contributed by atoms with van der Waals surface area (Å²) < 4.78 is 7.18. The molecule has 28 heavy (non-hydrogen) atoms. The van der Waals surface area contributed by atoms with Gasteiger partial charge in [-0.15, -0.1) is 0 Å². The number of ether oxygens (including phenoxy) is 1. The number of fused-ring (bicyclic) bond motifs is 1. The van der Waals surface area contributed by atoms with Crippen LogP contribution in [0.1, 0.15) is 48.1 Å². The standard InChI is InChI=1S/C20H25ClN4O3/c1-12-14(21)7-6-8-15(12)22-18(26)17-13-11-25(19(27)28-20(2,3)4)10-9-16(13)24(5)23-17/h6-8H,9-11H2,1-5H3,(H,22,26). The first-order valence-electron chi connectivity index (χ1n) is 9.16. The second-order valence-electron chi connectivity index (χ2n) is 7.92. The summed E-state index contributed by atoms with van der Waals surface area (Å²) >= 11 is 6.14. The molecule has 0 aliphatic carbocycles. The van der Waals surface area contributed by atoms with Gasteiger partial charge in [-0.05, 0) is 45.4 Å². The van der Waals surface area contributed by atoms with Gasteiger partial charge in [0.05, 0.1) is 6.54 Å². The molecule has 0 radical (unpaired) electrons. The van der Waals surface area contributed by atoms with Crippen LogP contribution in [0.15, 0.2) is 18.2 Å². The zero-order valence-corrected chi connectivity index (χ0v) is 17.6. The van der Waals surface area contributed by atoms with Crippen molar-refractivity contribution in [2.24, 2.45) is 7.05 Å². The summed E-state index contributed by atoms with van der Waals surface area (Å²) in [6.45, 7) is 8.14. The molecule has 0 saturated heterocycles. The molecule has 0 bridgehead atoms. The fourth-order valence-corrected chi connectivity index (χ4v) is 3.36. The first-order chi connectivity index (χ1) is 13.1. The zero-order chi connectivity index (χ0) is 20.6. The third-order valence-electron chi connectivity index (χ3n) is 4.62. The fourth-order valence-electron chi connectivity index (χ4n) is 3.18. The largest absolute Gasteiger partial charge is 0.444 e. The number of carbonyl (C=O) groups is 2. The number of nitrogens with one attached hydrogen (secondary N) is 1. The third kappa shape index (κ3) is 4.14. The summed E-state index contributed by atoms with van der Waals surface area (Å²) in [5, 5.41) is 7.86. The van der Waals surface area contributed by atoms with Gasteiger partial charge < -0.3 is 15.0 Å². The molecule has 2 heterocycles. The van der Waals surface area contributed by atoms with Crippen LogP contribution < -0.4 is 5.32 Å². The maximum atomic E-state index is 12.9. The quantitative estimate of drug-likeness (QED) is 0.822. The fraction of sp³-hybridized carbons (Fsp3) is 0.450. The minimum Gasteiger partial charge on any atom is -0.444 e. The van der Waals surface area contributed by atoms with Gasteiger partial charge in [0, 0.05) is 42.0 Å². The van der Waals surface area contributed by atoms with Crippen molar-refractivity contribution >= 4 is 29.3 Å². The van der Waals surface area contributed by atoms with Crippen LogP contribution >= 0.6 is 11.6 Å². The summed E-state index contributed by atoms with van der Waals surface area (Å²) in [7, 11) is 1.81. The molecule has 0 unspecified atom stereocenters. The molecule has 8 heteroatoms. The highest BCUT2D eigenvalue weighted by Crippen LogP contribution is 2.26. The van der Waals surface area contributed by atoms with Crippen molar-refractivity contribution in [1.82, 2.24) is 14.7 Å². The molecular formula is C20H25ClN4O3. The van der Waals surface area contributed by atoms with E-state index in [9.17, 15) is 9.59 Å². The summed E-state index contributed by atoms with van der Waals surface area (Å²) in [6, 6.07) is 5.35. The molecule has 1 aromatic heterocycles. The van der Waals surface area contributed by atoms with Gasteiger partial charge in [0.15, 0.2) is 5.69 Å². The number of rotatable bonds is 2. The van der Waals surface area contributed by atoms with E-state index in [1.165, 1.54) is 0 Å². The van der Waals surface area contributed by atoms with E-state index in [1.54, 1.807) is 27.8 Å². The summed E-state index contributed by atoms with van der Waals surface area (Å²) in [6.07, 6.45) is 0.223. The van der Waals surface area contributed by atoms with E-state index in [-0.39, 0.29) is 18.5 Å². The lowest BCUT2D eigenvalue weighted by Gasteiger charge is -2.30. The van der Waals surface area contributed by atoms with Crippen LogP contribution in [0.2, 0.25) is 5.02 Å². The minimum absolute atomic E-state index is 0.287. The van der Waals surface area contributed by atoms with Crippen LogP contribution in [0.3, 0.4) is 0 Å². The van der Waals surface area contributed by atoms with Crippen molar-refractivity contribution < 1.29 is 14.3 Å². The van der Waals surface area contributed by atoms with Gasteiger partial charge in [0.25, 0.3) is 5.91 Å². The SMILES string of the molecule is Cc1c(Cl)cccc1NC(=O)c1nn(C)c2c1CN(C(=O)OC(C)(C)C)CC2. The van der Waals surface area contributed by atoms with E-state index in [0.717, 1.165) is 16.8 Å². The Balaban J connectivity index is 1.84. The first kappa shape index (κ1) is 20.2. The number of aryl methyl sites for hydroxylation is 1. The molecule has 2 aromatic rings. The smallest absolute Gasteiger partial charge is 0.410 e. The summed E-state index contributed by atoms with van der Waals surface area (Å²) in [5.41, 5.74) is 2.86. The van der Waals surface area contributed by atoms with Crippen LogP contribution in [0.5, 0.6) is 0 Å². The van der Waals surface area contributed by atoms with Crippen molar-refractivity contribution in [3.05, 3.63) is 45.7 Å². The van der Waals surface area contributed by atoms with Gasteiger partial charge in [0.2, 0.25) is 0 Å². The highest BCUT2D eigenvalue weighted by Gasteiger charge is 2.31. The molecule has 0 spiro atoms. The molecule has 1 aromatic carbocycles. The molecule has 7 nitrogen and oxygen atoms in total. The van der Waals surface area contributed by atoms with Crippen molar-refractivity contribution in [2.75, 3.05) is 11.9 Å². The van der Waals surface area contributed by atoms with E-state index < -0.39 is 5.60 Å². The lowest BCUT2D eigenvalue weighted by Crippen LogP contribution is -2.40. The lowest BCUT2D eigenvalue weighted by molar-refractivity contribution is 0.0222. The molecule has 150 valence electrons. The van der Waals surface area contributed by atoms with Gasteiger partial charge in [-0.3, -0.25) is 9.48 Å². The van der Waals surface area contributed by atoms with Gasteiger partial charge in [-0.25, -0.2) is 4.79 Å². The second kappa shape index (κ2) is 7.47. The number of carbonyl (C=O) groups excluding carboxylic acids is 2. The molecule has 1 N–H and O–H groups in total. The predicted molar refractivity (Wildman–Crippen MR) is 108 cm³/mol. The monoisotopic (exact) mass is 404 g/mol. The lowest BCUT2D eigenvalue weighted by atomic mass is 10.0. The number of amides is 2. The van der Waals surface area contributed by atoms with Crippen LogP contribution in [-0.4, -0.2) is 38.8 Å². The number of hydrogen-bond donors (Lipinski definition) is 1. The Labute approximate surface area is 169 Å². The Morgan fingerprint density at radius 1 is 1.29 bits per heavy atom. The van der Waals surface area contributed by atoms with Crippen LogP contribution in [0.4, 0.5) is 10.5 Å². The molecule has 1 aliphatic rings. The number of anilines is 1. The van der Waals surface area contributed by atoms with Gasteiger partial charge >= 0.3 is 6.09 Å². The summed E-state index contributed by atoms with van der Waals surface area (Å²) in [4.78, 5) is 27.0. The van der Waals surface area contributed by atoms with Crippen molar-refractivity contribution in [3.63, 3.8) is 0 Å². The molecule has 0 fully saturated rings. The minimum atomic E-state index is -0.573. The third-order valence-corrected chi connectivity index (χ3v) is 5.03. The van der Waals surface area contributed by atoms with Gasteiger partial charge in [-0.1, -0.05) is 17.7 Å². The van der Waals surface area contributed by atoms with E-state index in [2.05, 4.69) is 10.4 Å². The average molecular weight is 405 g/mol. The second-order valence-corrected chi connectivity index (χ2v) is 8.32. The molecule has 3 rings (SSSR count). The predicted octanol–water partition coefficient (Wildman–Crippen LogP) is 3.93. The van der Waals surface area contributed by atoms with Gasteiger partial charge in [0.1, 0.15) is 5.60 Å². The first-order valence-corrected chi connectivity index (χ1v) is 9.54. The Morgan fingerprint density at radius 3 is 2.68 bits per heavy atom. The number of halogens is 1. The zero-order valence-electron chi connectivity index (χ0n) is 16.8. The molecule has 0 saturated carbocycles. The van der Waals surface area contributed by atoms with E-state index in [1.807, 2.05) is 34.7 Å². The van der Waals surface area contributed by atoms with Crippen LogP contribution in [-0.2, 0) is 24.8 Å². The Morgan fingerprint density at radius 2 is 2.00 bits per heavy atom. The Hall–Kier alpha value is -2.54. The molecule has 2 amide bonds. The van der Waals surface area contributed by atoms with Crippen molar-refractivity contribution in [2.45, 2.75) is 46.3 Å². The molecular weight excluding hydrogens is 380 g/mol. The van der Waals surface area contributed by atoms with Crippen LogP contribution in [0.25, 0.3) is 0 Å². The average Bonchev–Trinajstić information content (AvgIpc) is 2.94. The number of aromatic nitrogens is 2. The van der Waals surface area contributed by atoms with Crippen molar-refractivity contribution in [1.29, 1.82) is 0 Å². The van der Waals surface area contributed by atoms with E-state index >= 15 is 0 Å². The maximum Gasteiger partial charge on any atom is 0.410 e. The van der Waals surface area contributed by atoms with E-state index in [0.29, 0.717) is 29.4 Å². The highest BCUT2D eigenvalue weighted by molar-refractivity contribution is 6.31. The molecule has 0 atom stereocenters. The van der Waals surface area contributed by atoms with Crippen molar-refractivity contribution in [3.8, 4) is 0 Å². The van der Waals surface area contributed by atoms with E-state index in [4.69, 9.17) is 16.3 Å². The maximum absolute atomic E-state index is 12.9. The van der Waals surface area contributed by atoms with Gasteiger partial charge in [-0.2, -0.15) is 5.10 Å². The number of hydrogen-bond acceptors (Lipinski definition) is 4. The normalized spacial score (nSPS) is 13.9. The van der Waals surface area contributed by atoms with Crippen LogP contribution in [0, 0.1) is 6.92 Å². The Kier molecular flexibility index (Phi) is 5.39. The summed E-state index contributed by atoms with van der Waals surface area (Å²) in [5.74, 6) is -0.326.